The fourth-order valence-electron chi connectivity index (χ4n) is 1.80. The molecule has 1 aliphatic rings. The lowest BCUT2D eigenvalue weighted by molar-refractivity contribution is -0.112. The van der Waals surface area contributed by atoms with Gasteiger partial charge in [-0.25, -0.2) is 0 Å². The van der Waals surface area contributed by atoms with Gasteiger partial charge in [0.1, 0.15) is 0 Å². The third-order valence-electron chi connectivity index (χ3n) is 2.71. The predicted octanol–water partition coefficient (Wildman–Crippen LogP) is 2.40. The van der Waals surface area contributed by atoms with E-state index in [0.29, 0.717) is 36.0 Å². The van der Waals surface area contributed by atoms with Crippen molar-refractivity contribution in [2.45, 2.75) is 26.7 Å². The first kappa shape index (κ1) is 13.4. The number of nitrogens with one attached hydrogen (secondary N) is 1. The van der Waals surface area contributed by atoms with E-state index in [-0.39, 0.29) is 0 Å². The molecule has 1 aromatic carbocycles. The topological polar surface area (TPSA) is 64.6 Å². The maximum atomic E-state index is 11.6. The van der Waals surface area contributed by atoms with E-state index in [2.05, 4.69) is 5.32 Å². The monoisotopic (exact) mass is 263 g/mol. The molecule has 0 saturated carbocycles. The number of anilines is 1. The summed E-state index contributed by atoms with van der Waals surface area (Å²) in [5, 5.41) is 2.52. The summed E-state index contributed by atoms with van der Waals surface area (Å²) in [6, 6.07) is 3.23. The van der Waals surface area contributed by atoms with Crippen molar-refractivity contribution >= 4 is 17.4 Å². The van der Waals surface area contributed by atoms with Gasteiger partial charge in [-0.1, -0.05) is 13.8 Å². The van der Waals surface area contributed by atoms with Crippen molar-refractivity contribution in [3.05, 3.63) is 17.7 Å². The van der Waals surface area contributed by atoms with Crippen LogP contribution in [0.25, 0.3) is 0 Å². The van der Waals surface area contributed by atoms with E-state index in [0.717, 1.165) is 12.8 Å². The van der Waals surface area contributed by atoms with Crippen molar-refractivity contribution in [3.8, 4) is 11.5 Å². The van der Waals surface area contributed by atoms with Crippen LogP contribution >= 0.6 is 0 Å². The molecular formula is C14H17NO4. The molecule has 0 fully saturated rings. The Labute approximate surface area is 111 Å². The van der Waals surface area contributed by atoms with Gasteiger partial charge < -0.3 is 14.8 Å². The average Bonchev–Trinajstić information content (AvgIpc) is 2.68. The van der Waals surface area contributed by atoms with E-state index in [1.165, 1.54) is 0 Å². The summed E-state index contributed by atoms with van der Waals surface area (Å²) in [6.07, 6.45) is 1.73. The van der Waals surface area contributed by atoms with Gasteiger partial charge in [0.05, 0.1) is 24.5 Å². The largest absolute Gasteiger partial charge is 0.490 e. The second-order valence-electron chi connectivity index (χ2n) is 4.32. The molecule has 1 aromatic rings. The van der Waals surface area contributed by atoms with Crippen LogP contribution in [0.3, 0.4) is 0 Å². The Morgan fingerprint density at radius 1 is 1.00 bits per heavy atom. The Morgan fingerprint density at radius 2 is 1.58 bits per heavy atom. The van der Waals surface area contributed by atoms with Crippen LogP contribution < -0.4 is 14.8 Å². The van der Waals surface area contributed by atoms with Crippen molar-refractivity contribution in [2.75, 3.05) is 18.5 Å². The number of rotatable bonds is 6. The molecule has 0 unspecified atom stereocenters. The summed E-state index contributed by atoms with van der Waals surface area (Å²) in [4.78, 5) is 23.0. The van der Waals surface area contributed by atoms with Gasteiger partial charge in [-0.05, 0) is 18.9 Å². The SMILES string of the molecule is CCCOc1cc2c(cc1OCCC)C(=O)C(=O)N2. The van der Waals surface area contributed by atoms with Gasteiger partial charge in [0.25, 0.3) is 11.7 Å². The van der Waals surface area contributed by atoms with Crippen LogP contribution in [0.1, 0.15) is 37.0 Å². The van der Waals surface area contributed by atoms with Gasteiger partial charge in [-0.15, -0.1) is 0 Å². The second-order valence-corrected chi connectivity index (χ2v) is 4.32. The summed E-state index contributed by atoms with van der Waals surface area (Å²) in [6.45, 7) is 5.10. The minimum absolute atomic E-state index is 0.347. The van der Waals surface area contributed by atoms with E-state index in [4.69, 9.17) is 9.47 Å². The first-order chi connectivity index (χ1) is 9.17. The Kier molecular flexibility index (Phi) is 4.04. The normalized spacial score (nSPS) is 13.2. The van der Waals surface area contributed by atoms with Crippen LogP contribution in [-0.2, 0) is 4.79 Å². The quantitative estimate of drug-likeness (QED) is 0.800. The first-order valence-electron chi connectivity index (χ1n) is 6.46. The number of ketones is 1. The lowest BCUT2D eigenvalue weighted by Crippen LogP contribution is -2.12. The predicted molar refractivity (Wildman–Crippen MR) is 71.0 cm³/mol. The number of hydrogen-bond acceptors (Lipinski definition) is 4. The maximum absolute atomic E-state index is 11.6. The lowest BCUT2D eigenvalue weighted by atomic mass is 10.1. The van der Waals surface area contributed by atoms with Gasteiger partial charge in [0, 0.05) is 6.07 Å². The van der Waals surface area contributed by atoms with Crippen LogP contribution in [0, 0.1) is 0 Å². The number of hydrogen-bond donors (Lipinski definition) is 1. The van der Waals surface area contributed by atoms with E-state index < -0.39 is 11.7 Å². The minimum atomic E-state index is -0.607. The minimum Gasteiger partial charge on any atom is -0.490 e. The number of carbonyl (C=O) groups is 2. The van der Waals surface area contributed by atoms with Gasteiger partial charge in [0.2, 0.25) is 0 Å². The lowest BCUT2D eigenvalue weighted by Gasteiger charge is -2.13. The number of amides is 1. The van der Waals surface area contributed by atoms with E-state index in [1.54, 1.807) is 12.1 Å². The summed E-state index contributed by atoms with van der Waals surface area (Å²) < 4.78 is 11.2. The molecule has 5 heteroatoms. The number of fused-ring (bicyclic) bond motifs is 1. The molecule has 1 aliphatic heterocycles. The molecule has 0 atom stereocenters. The standard InChI is InChI=1S/C14H17NO4/c1-3-5-18-11-7-9-10(15-14(17)13(9)16)8-12(11)19-6-4-2/h7-8H,3-6H2,1-2H3,(H,15,16,17). The second kappa shape index (κ2) is 5.73. The van der Waals surface area contributed by atoms with Crippen molar-refractivity contribution in [3.63, 3.8) is 0 Å². The summed E-state index contributed by atoms with van der Waals surface area (Å²) >= 11 is 0. The summed E-state index contributed by atoms with van der Waals surface area (Å²) in [5.41, 5.74) is 0.838. The van der Waals surface area contributed by atoms with E-state index >= 15 is 0 Å². The van der Waals surface area contributed by atoms with Crippen molar-refractivity contribution < 1.29 is 19.1 Å². The molecule has 5 nitrogen and oxygen atoms in total. The number of carbonyl (C=O) groups excluding carboxylic acids is 2. The zero-order valence-corrected chi connectivity index (χ0v) is 11.1. The summed E-state index contributed by atoms with van der Waals surface area (Å²) in [7, 11) is 0. The third-order valence-corrected chi connectivity index (χ3v) is 2.71. The molecule has 0 aromatic heterocycles. The maximum Gasteiger partial charge on any atom is 0.296 e. The smallest absolute Gasteiger partial charge is 0.296 e. The van der Waals surface area contributed by atoms with Gasteiger partial charge in [-0.2, -0.15) is 0 Å². The molecule has 1 amide bonds. The van der Waals surface area contributed by atoms with E-state index in [1.807, 2.05) is 13.8 Å². The summed E-state index contributed by atoms with van der Waals surface area (Å²) in [5.74, 6) is -0.0644. The number of ether oxygens (including phenoxy) is 2. The van der Waals surface area contributed by atoms with E-state index in [9.17, 15) is 9.59 Å². The van der Waals surface area contributed by atoms with Crippen molar-refractivity contribution in [1.82, 2.24) is 0 Å². The molecular weight excluding hydrogens is 246 g/mol. The first-order valence-corrected chi connectivity index (χ1v) is 6.46. The van der Waals surface area contributed by atoms with Crippen molar-refractivity contribution in [2.24, 2.45) is 0 Å². The van der Waals surface area contributed by atoms with Crippen LogP contribution in [0.15, 0.2) is 12.1 Å². The molecule has 1 heterocycles. The molecule has 19 heavy (non-hydrogen) atoms. The molecule has 102 valence electrons. The molecule has 0 saturated heterocycles. The molecule has 1 N–H and O–H groups in total. The van der Waals surface area contributed by atoms with Gasteiger partial charge in [0.15, 0.2) is 11.5 Å². The zero-order chi connectivity index (χ0) is 13.8. The van der Waals surface area contributed by atoms with Crippen LogP contribution in [-0.4, -0.2) is 24.9 Å². The Hall–Kier alpha value is -2.04. The molecule has 0 aliphatic carbocycles. The fourth-order valence-corrected chi connectivity index (χ4v) is 1.80. The Morgan fingerprint density at radius 3 is 2.16 bits per heavy atom. The van der Waals surface area contributed by atoms with Crippen molar-refractivity contribution in [1.29, 1.82) is 0 Å². The molecule has 0 bridgehead atoms. The number of benzene rings is 1. The Bertz CT molecular complexity index is 510. The fraction of sp³-hybridized carbons (Fsp3) is 0.429. The zero-order valence-electron chi connectivity index (χ0n) is 11.1. The molecule has 2 rings (SSSR count). The highest BCUT2D eigenvalue weighted by atomic mass is 16.5. The van der Waals surface area contributed by atoms with Crippen LogP contribution in [0.2, 0.25) is 0 Å². The highest BCUT2D eigenvalue weighted by molar-refractivity contribution is 6.51. The van der Waals surface area contributed by atoms with Crippen LogP contribution in [0.5, 0.6) is 11.5 Å². The third kappa shape index (κ3) is 2.70. The van der Waals surface area contributed by atoms with Crippen LogP contribution in [0.4, 0.5) is 5.69 Å². The number of Topliss-reactive ketones (excluding diaryl/α,β-unsaturated/α-hetero) is 1. The highest BCUT2D eigenvalue weighted by Gasteiger charge is 2.30. The Balaban J connectivity index is 2.33. The molecule has 0 radical (unpaired) electrons. The van der Waals surface area contributed by atoms with Gasteiger partial charge >= 0.3 is 0 Å². The average molecular weight is 263 g/mol. The molecule has 0 spiro atoms. The van der Waals surface area contributed by atoms with Gasteiger partial charge in [-0.3, -0.25) is 9.59 Å². The highest BCUT2D eigenvalue weighted by Crippen LogP contribution is 2.36.